The van der Waals surface area contributed by atoms with Gasteiger partial charge in [0.25, 0.3) is 11.4 Å². The number of barbiturate groups is 1. The van der Waals surface area contributed by atoms with Crippen LogP contribution in [-0.2, 0) is 9.59 Å². The summed E-state index contributed by atoms with van der Waals surface area (Å²) in [5.74, 6) is -3.20. The Balaban J connectivity index is 1.83. The minimum Gasteiger partial charge on any atom is -0.376 e. The topological polar surface area (TPSA) is 156 Å². The number of carbonyl (C=O) groups excluding carboxylic acids is 3. The third-order valence-corrected chi connectivity index (χ3v) is 8.25. The largest absolute Gasteiger partial charge is 0.376 e. The van der Waals surface area contributed by atoms with Crippen LogP contribution in [-0.4, -0.2) is 51.6 Å². The fraction of sp³-hybridized carbons (Fsp3) is 0.167. The summed E-state index contributed by atoms with van der Waals surface area (Å²) < 4.78 is 0. The van der Waals surface area contributed by atoms with Crippen molar-refractivity contribution in [2.45, 2.75) is 12.0 Å². The maximum Gasteiger partial charge on any atom is 0.332 e. The average molecular weight is 566 g/mol. The van der Waals surface area contributed by atoms with Gasteiger partial charge in [0, 0.05) is 43.4 Å². The van der Waals surface area contributed by atoms with Gasteiger partial charge in [-0.1, -0.05) is 66.7 Å². The highest BCUT2D eigenvalue weighted by atomic mass is 16.6. The number of para-hydroxylation sites is 2. The zero-order valence-electron chi connectivity index (χ0n) is 22.4. The number of nitro groups is 2. The monoisotopic (exact) mass is 565 g/mol. The summed E-state index contributed by atoms with van der Waals surface area (Å²) in [6, 6.07) is 20.0. The second-order valence-corrected chi connectivity index (χ2v) is 10.3. The van der Waals surface area contributed by atoms with Gasteiger partial charge in [-0.15, -0.1) is 0 Å². The van der Waals surface area contributed by atoms with Crippen LogP contribution < -0.4 is 5.32 Å². The van der Waals surface area contributed by atoms with E-state index in [9.17, 15) is 34.6 Å². The molecule has 0 bridgehead atoms. The summed E-state index contributed by atoms with van der Waals surface area (Å²) >= 11 is 0. The molecule has 0 radical (unpaired) electrons. The van der Waals surface area contributed by atoms with E-state index in [0.717, 1.165) is 15.2 Å². The maximum absolute atomic E-state index is 14.6. The van der Waals surface area contributed by atoms with Crippen LogP contribution in [0.4, 0.5) is 21.9 Å². The number of nitrogens with one attached hydrogen (secondary N) is 1. The van der Waals surface area contributed by atoms with Crippen LogP contribution in [0.5, 0.6) is 0 Å². The quantitative estimate of drug-likeness (QED) is 0.206. The summed E-state index contributed by atoms with van der Waals surface area (Å²) in [5.41, 5.74) is -2.05. The first kappa shape index (κ1) is 26.6. The van der Waals surface area contributed by atoms with Gasteiger partial charge in [-0.25, -0.2) is 4.79 Å². The van der Waals surface area contributed by atoms with Crippen molar-refractivity contribution in [3.63, 3.8) is 0 Å². The van der Waals surface area contributed by atoms with Crippen LogP contribution in [0.15, 0.2) is 84.9 Å². The molecule has 12 nitrogen and oxygen atoms in total. The van der Waals surface area contributed by atoms with Gasteiger partial charge in [0.05, 0.1) is 21.5 Å². The summed E-state index contributed by atoms with van der Waals surface area (Å²) in [6.45, 7) is 0. The molecule has 2 heterocycles. The Kier molecular flexibility index (Phi) is 5.99. The number of fused-ring (bicyclic) bond motifs is 3. The minimum atomic E-state index is -2.28. The molecule has 4 aromatic rings. The Morgan fingerprint density at radius 1 is 0.714 bits per heavy atom. The van der Waals surface area contributed by atoms with E-state index in [1.54, 1.807) is 30.3 Å². The third kappa shape index (κ3) is 3.51. The summed E-state index contributed by atoms with van der Waals surface area (Å²) in [7, 11) is 2.45. The van der Waals surface area contributed by atoms with Gasteiger partial charge >= 0.3 is 6.03 Å². The van der Waals surface area contributed by atoms with Gasteiger partial charge < -0.3 is 5.32 Å². The number of hydrogen-bond acceptors (Lipinski definition) is 8. The molecule has 1 saturated heterocycles. The molecular weight excluding hydrogens is 542 g/mol. The molecule has 4 aromatic carbocycles. The van der Waals surface area contributed by atoms with Crippen molar-refractivity contribution < 1.29 is 24.2 Å². The first-order chi connectivity index (χ1) is 20.1. The van der Waals surface area contributed by atoms with E-state index >= 15 is 0 Å². The van der Waals surface area contributed by atoms with Crippen LogP contribution in [0.3, 0.4) is 0 Å². The normalized spacial score (nSPS) is 19.5. The van der Waals surface area contributed by atoms with Crippen molar-refractivity contribution in [3.8, 4) is 0 Å². The van der Waals surface area contributed by atoms with Gasteiger partial charge in [-0.05, 0) is 22.4 Å². The lowest BCUT2D eigenvalue weighted by atomic mass is 9.57. The van der Waals surface area contributed by atoms with Crippen LogP contribution in [0.1, 0.15) is 28.7 Å². The number of anilines is 1. The van der Waals surface area contributed by atoms with Gasteiger partial charge in [0.15, 0.2) is 5.41 Å². The summed E-state index contributed by atoms with van der Waals surface area (Å²) in [6.07, 6.45) is 0. The summed E-state index contributed by atoms with van der Waals surface area (Å²) in [4.78, 5) is 67.3. The zero-order valence-corrected chi connectivity index (χ0v) is 22.4. The molecule has 2 atom stereocenters. The van der Waals surface area contributed by atoms with Crippen molar-refractivity contribution in [2.75, 3.05) is 19.4 Å². The number of nitrogens with zero attached hydrogens (tertiary/aromatic N) is 4. The van der Waals surface area contributed by atoms with Gasteiger partial charge in [-0.2, -0.15) is 0 Å². The lowest BCUT2D eigenvalue weighted by Gasteiger charge is -2.52. The Labute approximate surface area is 238 Å². The molecule has 4 amide bonds. The number of nitro benzene ring substituents is 2. The molecule has 0 unspecified atom stereocenters. The van der Waals surface area contributed by atoms with Crippen molar-refractivity contribution in [2.24, 2.45) is 5.41 Å². The molecule has 42 heavy (non-hydrogen) atoms. The lowest BCUT2D eigenvalue weighted by Crippen LogP contribution is -2.68. The van der Waals surface area contributed by atoms with Crippen LogP contribution in [0, 0.1) is 25.6 Å². The molecule has 0 saturated carbocycles. The first-order valence-electron chi connectivity index (χ1n) is 13.0. The standard InChI is InChI=1S/C30H23N5O7/c1-32-27(36)30(28(37)33(2)29(32)38)25(19-11-5-7-13-22(19)34(39)40)24-18-10-4-3-9-17(18)15-16-21(24)31-26(30)20-12-6-8-14-23(20)35(41)42/h3-16,25-26,31H,1-2H3/t25-,26+/m1/s1. The highest BCUT2D eigenvalue weighted by Crippen LogP contribution is 2.61. The Bertz CT molecular complexity index is 1830. The van der Waals surface area contributed by atoms with E-state index in [1.807, 2.05) is 18.2 Å². The predicted octanol–water partition coefficient (Wildman–Crippen LogP) is 4.99. The molecule has 1 fully saturated rings. The van der Waals surface area contributed by atoms with E-state index in [1.165, 1.54) is 50.5 Å². The molecule has 1 spiro atoms. The van der Waals surface area contributed by atoms with Gasteiger partial charge in [-0.3, -0.25) is 39.6 Å². The molecule has 6 rings (SSSR count). The van der Waals surface area contributed by atoms with Crippen molar-refractivity contribution in [1.82, 2.24) is 9.80 Å². The fourth-order valence-electron chi connectivity index (χ4n) is 6.45. The van der Waals surface area contributed by atoms with Crippen molar-refractivity contribution in [3.05, 3.63) is 122 Å². The number of rotatable bonds is 4. The van der Waals surface area contributed by atoms with E-state index in [4.69, 9.17) is 0 Å². The number of amides is 4. The maximum atomic E-state index is 14.6. The molecule has 0 aliphatic carbocycles. The van der Waals surface area contributed by atoms with Crippen LogP contribution >= 0.6 is 0 Å². The number of hydrogen-bond donors (Lipinski definition) is 1. The molecule has 1 N–H and O–H groups in total. The summed E-state index contributed by atoms with van der Waals surface area (Å²) in [5, 5.41) is 29.3. The Morgan fingerprint density at radius 3 is 1.86 bits per heavy atom. The smallest absolute Gasteiger partial charge is 0.332 e. The van der Waals surface area contributed by atoms with Crippen LogP contribution in [0.25, 0.3) is 10.8 Å². The van der Waals surface area contributed by atoms with Crippen LogP contribution in [0.2, 0.25) is 0 Å². The van der Waals surface area contributed by atoms with Gasteiger partial charge in [0.2, 0.25) is 11.8 Å². The van der Waals surface area contributed by atoms with E-state index < -0.39 is 45.1 Å². The Hall–Kier alpha value is -5.65. The molecule has 2 aliphatic rings. The molecule has 2 aliphatic heterocycles. The predicted molar refractivity (Wildman–Crippen MR) is 152 cm³/mol. The number of imide groups is 2. The molecular formula is C30H23N5O7. The number of benzene rings is 4. The number of carbonyl (C=O) groups is 3. The molecule has 12 heteroatoms. The SMILES string of the molecule is CN1C(=O)N(C)C(=O)C2(C1=O)[C@H](c1ccccc1[N+](=O)[O-])c1c(ccc3ccccc13)N[C@H]2c1ccccc1[N+](=O)[O-]. The van der Waals surface area contributed by atoms with Crippen molar-refractivity contribution >= 4 is 45.7 Å². The lowest BCUT2D eigenvalue weighted by molar-refractivity contribution is -0.386. The Morgan fingerprint density at radius 2 is 1.24 bits per heavy atom. The van der Waals surface area contributed by atoms with E-state index in [0.29, 0.717) is 16.6 Å². The second-order valence-electron chi connectivity index (χ2n) is 10.3. The van der Waals surface area contributed by atoms with Crippen molar-refractivity contribution in [1.29, 1.82) is 0 Å². The van der Waals surface area contributed by atoms with E-state index in [2.05, 4.69) is 5.32 Å². The zero-order chi connectivity index (χ0) is 29.9. The highest BCUT2D eigenvalue weighted by Gasteiger charge is 2.68. The average Bonchev–Trinajstić information content (AvgIpc) is 3.01. The van der Waals surface area contributed by atoms with Gasteiger partial charge in [0.1, 0.15) is 0 Å². The number of urea groups is 1. The third-order valence-electron chi connectivity index (χ3n) is 8.25. The van der Waals surface area contributed by atoms with E-state index in [-0.39, 0.29) is 22.5 Å². The highest BCUT2D eigenvalue weighted by molar-refractivity contribution is 6.21. The molecule has 210 valence electrons. The minimum absolute atomic E-state index is 0.0164. The second kappa shape index (κ2) is 9.47. The first-order valence-corrected chi connectivity index (χ1v) is 13.0. The molecule has 0 aromatic heterocycles. The fourth-order valence-corrected chi connectivity index (χ4v) is 6.45.